The number of aryl methyl sites for hydroxylation is 1. The van der Waals surface area contributed by atoms with Crippen molar-refractivity contribution in [2.45, 2.75) is 13.0 Å². The van der Waals surface area contributed by atoms with Gasteiger partial charge in [0.1, 0.15) is 12.0 Å². The summed E-state index contributed by atoms with van der Waals surface area (Å²) in [7, 11) is 0. The average Bonchev–Trinajstić information content (AvgIpc) is 2.95. The van der Waals surface area contributed by atoms with Crippen molar-refractivity contribution in [3.63, 3.8) is 0 Å². The molecule has 0 fully saturated rings. The number of aromatic nitrogens is 1. The highest BCUT2D eigenvalue weighted by Crippen LogP contribution is 2.17. The third kappa shape index (κ3) is 3.14. The molecule has 21 heavy (non-hydrogen) atoms. The largest absolute Gasteiger partial charge is 0.494 e. The Morgan fingerprint density at radius 3 is 2.71 bits per heavy atom. The summed E-state index contributed by atoms with van der Waals surface area (Å²) in [5.41, 5.74) is 1.87. The summed E-state index contributed by atoms with van der Waals surface area (Å²) in [5.74, 6) is 0.908. The first kappa shape index (κ1) is 13.4. The van der Waals surface area contributed by atoms with Gasteiger partial charge in [-0.15, -0.1) is 0 Å². The molecule has 0 atom stereocenters. The number of hydrogen-bond acceptors (Lipinski definition) is 2. The fraction of sp³-hybridized carbons (Fsp3) is 0.167. The van der Waals surface area contributed by atoms with E-state index in [0.717, 1.165) is 35.9 Å². The highest BCUT2D eigenvalue weighted by Gasteiger charge is 2.02. The van der Waals surface area contributed by atoms with E-state index in [2.05, 4.69) is 10.8 Å². The molecule has 0 aliphatic heterocycles. The number of carbonyl (C=O) groups is 1. The first-order valence-electron chi connectivity index (χ1n) is 7.09. The van der Waals surface area contributed by atoms with E-state index in [0.29, 0.717) is 12.2 Å². The summed E-state index contributed by atoms with van der Waals surface area (Å²) in [6.45, 7) is 1.59. The molecule has 0 bridgehead atoms. The normalized spacial score (nSPS) is 10.7. The molecule has 0 aliphatic rings. The van der Waals surface area contributed by atoms with E-state index in [1.807, 2.05) is 54.6 Å². The predicted octanol–water partition coefficient (Wildman–Crippen LogP) is 3.92. The van der Waals surface area contributed by atoms with E-state index >= 15 is 0 Å². The van der Waals surface area contributed by atoms with E-state index in [4.69, 9.17) is 4.74 Å². The minimum absolute atomic E-state index is 0.691. The Kier molecular flexibility index (Phi) is 4.01. The summed E-state index contributed by atoms with van der Waals surface area (Å²) in [6, 6.07) is 17.7. The number of hydrogen-bond donors (Lipinski definition) is 0. The highest BCUT2D eigenvalue weighted by molar-refractivity contribution is 5.87. The van der Waals surface area contributed by atoms with Crippen LogP contribution in [0.15, 0.2) is 60.8 Å². The molecule has 0 spiro atoms. The lowest BCUT2D eigenvalue weighted by Gasteiger charge is -2.08. The molecule has 0 amide bonds. The first-order chi connectivity index (χ1) is 10.4. The molecule has 0 saturated carbocycles. The molecule has 1 heterocycles. The molecule has 106 valence electrons. The van der Waals surface area contributed by atoms with Crippen LogP contribution in [0.1, 0.15) is 16.8 Å². The van der Waals surface area contributed by atoms with Crippen LogP contribution in [0.5, 0.6) is 5.75 Å². The van der Waals surface area contributed by atoms with Crippen molar-refractivity contribution in [3.8, 4) is 5.75 Å². The van der Waals surface area contributed by atoms with Gasteiger partial charge in [-0.25, -0.2) is 0 Å². The average molecular weight is 279 g/mol. The number of nitrogens with zero attached hydrogens (tertiary/aromatic N) is 1. The van der Waals surface area contributed by atoms with Crippen LogP contribution < -0.4 is 4.74 Å². The zero-order valence-electron chi connectivity index (χ0n) is 11.7. The fourth-order valence-corrected chi connectivity index (χ4v) is 2.43. The third-order valence-corrected chi connectivity index (χ3v) is 3.49. The number of rotatable bonds is 6. The second-order valence-electron chi connectivity index (χ2n) is 4.96. The van der Waals surface area contributed by atoms with Gasteiger partial charge in [0.15, 0.2) is 0 Å². The van der Waals surface area contributed by atoms with Gasteiger partial charge in [-0.2, -0.15) is 0 Å². The maximum absolute atomic E-state index is 10.8. The summed E-state index contributed by atoms with van der Waals surface area (Å²) in [6.07, 6.45) is 3.88. The lowest BCUT2D eigenvalue weighted by atomic mass is 10.2. The number of para-hydroxylation sites is 1. The van der Waals surface area contributed by atoms with E-state index in [-0.39, 0.29) is 0 Å². The second kappa shape index (κ2) is 6.27. The fourth-order valence-electron chi connectivity index (χ4n) is 2.43. The maximum Gasteiger partial charge on any atom is 0.150 e. The topological polar surface area (TPSA) is 31.2 Å². The van der Waals surface area contributed by atoms with Crippen LogP contribution in [0.25, 0.3) is 10.9 Å². The molecule has 3 aromatic rings. The van der Waals surface area contributed by atoms with Crippen LogP contribution >= 0.6 is 0 Å². The van der Waals surface area contributed by atoms with Crippen LogP contribution in [0.3, 0.4) is 0 Å². The lowest BCUT2D eigenvalue weighted by Crippen LogP contribution is -2.03. The van der Waals surface area contributed by atoms with Gasteiger partial charge in [0, 0.05) is 29.2 Å². The highest BCUT2D eigenvalue weighted by atomic mass is 16.5. The summed E-state index contributed by atoms with van der Waals surface area (Å²) >= 11 is 0. The number of benzene rings is 2. The van der Waals surface area contributed by atoms with Gasteiger partial charge in [0.2, 0.25) is 0 Å². The van der Waals surface area contributed by atoms with Gasteiger partial charge in [-0.1, -0.05) is 18.2 Å². The van der Waals surface area contributed by atoms with Crippen LogP contribution in [0.2, 0.25) is 0 Å². The minimum Gasteiger partial charge on any atom is -0.494 e. The number of ether oxygens (including phenoxy) is 1. The van der Waals surface area contributed by atoms with Crippen molar-refractivity contribution in [1.29, 1.82) is 0 Å². The Morgan fingerprint density at radius 2 is 1.90 bits per heavy atom. The van der Waals surface area contributed by atoms with Crippen LogP contribution in [-0.4, -0.2) is 17.5 Å². The van der Waals surface area contributed by atoms with Gasteiger partial charge in [0.25, 0.3) is 0 Å². The molecule has 3 heteroatoms. The maximum atomic E-state index is 10.8. The third-order valence-electron chi connectivity index (χ3n) is 3.49. The van der Waals surface area contributed by atoms with Gasteiger partial charge < -0.3 is 9.30 Å². The smallest absolute Gasteiger partial charge is 0.150 e. The summed E-state index contributed by atoms with van der Waals surface area (Å²) in [4.78, 5) is 10.8. The molecular formula is C18H17NO2. The predicted molar refractivity (Wildman–Crippen MR) is 83.9 cm³/mol. The van der Waals surface area contributed by atoms with Crippen molar-refractivity contribution in [2.75, 3.05) is 6.61 Å². The van der Waals surface area contributed by atoms with Crippen LogP contribution in [-0.2, 0) is 6.54 Å². The minimum atomic E-state index is 0.691. The van der Waals surface area contributed by atoms with Gasteiger partial charge in [-0.3, -0.25) is 4.79 Å². The lowest BCUT2D eigenvalue weighted by molar-refractivity contribution is 0.112. The SMILES string of the molecule is O=Cc1ccc2c(ccn2CCCOc2ccccc2)c1. The molecule has 3 nitrogen and oxygen atoms in total. The zero-order valence-corrected chi connectivity index (χ0v) is 11.7. The van der Waals surface area contributed by atoms with E-state index in [9.17, 15) is 4.79 Å². The molecule has 1 aromatic heterocycles. The first-order valence-corrected chi connectivity index (χ1v) is 7.09. The Balaban J connectivity index is 1.59. The summed E-state index contributed by atoms with van der Waals surface area (Å²) in [5, 5.41) is 1.10. The summed E-state index contributed by atoms with van der Waals surface area (Å²) < 4.78 is 7.89. The molecule has 0 unspecified atom stereocenters. The number of aldehydes is 1. The van der Waals surface area contributed by atoms with Crippen molar-refractivity contribution in [3.05, 3.63) is 66.4 Å². The zero-order chi connectivity index (χ0) is 14.5. The van der Waals surface area contributed by atoms with Crippen molar-refractivity contribution < 1.29 is 9.53 Å². The molecule has 0 N–H and O–H groups in total. The van der Waals surface area contributed by atoms with Crippen LogP contribution in [0, 0.1) is 0 Å². The standard InChI is InChI=1S/C18H17NO2/c20-14-15-7-8-18-16(13-15)9-11-19(18)10-4-12-21-17-5-2-1-3-6-17/h1-3,5-9,11,13-14H,4,10,12H2. The van der Waals surface area contributed by atoms with E-state index in [1.165, 1.54) is 0 Å². The number of carbonyl (C=O) groups excluding carboxylic acids is 1. The van der Waals surface area contributed by atoms with E-state index in [1.54, 1.807) is 0 Å². The van der Waals surface area contributed by atoms with Crippen LogP contribution in [0.4, 0.5) is 0 Å². The molecule has 0 aliphatic carbocycles. The Labute approximate surface area is 123 Å². The Morgan fingerprint density at radius 1 is 1.05 bits per heavy atom. The van der Waals surface area contributed by atoms with Crippen molar-refractivity contribution >= 4 is 17.2 Å². The molecular weight excluding hydrogens is 262 g/mol. The molecule has 3 rings (SSSR count). The Bertz CT molecular complexity index is 731. The second-order valence-corrected chi connectivity index (χ2v) is 4.96. The van der Waals surface area contributed by atoms with Crippen molar-refractivity contribution in [2.24, 2.45) is 0 Å². The van der Waals surface area contributed by atoms with E-state index < -0.39 is 0 Å². The Hall–Kier alpha value is -2.55. The van der Waals surface area contributed by atoms with Gasteiger partial charge in [0.05, 0.1) is 6.61 Å². The quantitative estimate of drug-likeness (QED) is 0.506. The number of fused-ring (bicyclic) bond motifs is 1. The van der Waals surface area contributed by atoms with Crippen molar-refractivity contribution in [1.82, 2.24) is 4.57 Å². The molecule has 0 radical (unpaired) electrons. The molecule has 0 saturated heterocycles. The molecule has 2 aromatic carbocycles. The monoisotopic (exact) mass is 279 g/mol. The van der Waals surface area contributed by atoms with Gasteiger partial charge >= 0.3 is 0 Å². The van der Waals surface area contributed by atoms with Gasteiger partial charge in [-0.05, 0) is 42.8 Å².